The standard InChI is InChI=1S/C13H24N4/c1-5-7-11(3)17(4)10-12-8-16-13(9-15-12)14-6-2/h8-9,11H,5-7,10H2,1-4H3,(H,14,16). The Balaban J connectivity index is 2.50. The third-order valence-electron chi connectivity index (χ3n) is 2.93. The van der Waals surface area contributed by atoms with E-state index in [9.17, 15) is 0 Å². The zero-order valence-corrected chi connectivity index (χ0v) is 11.4. The van der Waals surface area contributed by atoms with Crippen LogP contribution in [0.4, 0.5) is 5.82 Å². The first kappa shape index (κ1) is 13.9. The van der Waals surface area contributed by atoms with Gasteiger partial charge >= 0.3 is 0 Å². The number of hydrogen-bond donors (Lipinski definition) is 1. The van der Waals surface area contributed by atoms with Crippen LogP contribution in [-0.2, 0) is 6.54 Å². The summed E-state index contributed by atoms with van der Waals surface area (Å²) in [7, 11) is 2.14. The van der Waals surface area contributed by atoms with Crippen molar-refractivity contribution in [2.75, 3.05) is 18.9 Å². The van der Waals surface area contributed by atoms with Gasteiger partial charge in [-0.3, -0.25) is 9.88 Å². The van der Waals surface area contributed by atoms with Gasteiger partial charge in [0.15, 0.2) is 0 Å². The van der Waals surface area contributed by atoms with E-state index >= 15 is 0 Å². The van der Waals surface area contributed by atoms with Crippen LogP contribution in [0.25, 0.3) is 0 Å². The maximum atomic E-state index is 4.41. The predicted octanol–water partition coefficient (Wildman–Crippen LogP) is 2.53. The molecule has 4 heteroatoms. The van der Waals surface area contributed by atoms with Crippen LogP contribution in [0.5, 0.6) is 0 Å². The predicted molar refractivity (Wildman–Crippen MR) is 72.0 cm³/mol. The molecule has 1 aromatic rings. The maximum Gasteiger partial charge on any atom is 0.144 e. The molecule has 1 aromatic heterocycles. The van der Waals surface area contributed by atoms with Crippen molar-refractivity contribution in [2.45, 2.75) is 46.2 Å². The van der Waals surface area contributed by atoms with Crippen LogP contribution < -0.4 is 5.32 Å². The molecule has 1 atom stereocenters. The van der Waals surface area contributed by atoms with Gasteiger partial charge in [0.25, 0.3) is 0 Å². The van der Waals surface area contributed by atoms with Crippen LogP contribution in [0.15, 0.2) is 12.4 Å². The lowest BCUT2D eigenvalue weighted by molar-refractivity contribution is 0.234. The van der Waals surface area contributed by atoms with Crippen molar-refractivity contribution in [3.05, 3.63) is 18.1 Å². The maximum absolute atomic E-state index is 4.41. The van der Waals surface area contributed by atoms with Crippen LogP contribution in [-0.4, -0.2) is 34.5 Å². The van der Waals surface area contributed by atoms with Gasteiger partial charge in [-0.15, -0.1) is 0 Å². The molecular formula is C13H24N4. The Bertz CT molecular complexity index is 310. The highest BCUT2D eigenvalue weighted by Gasteiger charge is 2.09. The molecule has 0 aliphatic heterocycles. The average molecular weight is 236 g/mol. The Morgan fingerprint density at radius 2 is 2.06 bits per heavy atom. The molecular weight excluding hydrogens is 212 g/mol. The van der Waals surface area contributed by atoms with E-state index in [1.807, 2.05) is 6.20 Å². The minimum atomic E-state index is 0.593. The van der Waals surface area contributed by atoms with Crippen LogP contribution in [0.3, 0.4) is 0 Å². The monoisotopic (exact) mass is 236 g/mol. The van der Waals surface area contributed by atoms with Crippen molar-refractivity contribution < 1.29 is 0 Å². The van der Waals surface area contributed by atoms with Gasteiger partial charge in [-0.2, -0.15) is 0 Å². The van der Waals surface area contributed by atoms with Crippen molar-refractivity contribution in [3.63, 3.8) is 0 Å². The Morgan fingerprint density at radius 1 is 1.29 bits per heavy atom. The third kappa shape index (κ3) is 4.69. The van der Waals surface area contributed by atoms with Crippen LogP contribution in [0, 0.1) is 0 Å². The highest BCUT2D eigenvalue weighted by Crippen LogP contribution is 2.08. The largest absolute Gasteiger partial charge is 0.369 e. The minimum Gasteiger partial charge on any atom is -0.369 e. The molecule has 1 N–H and O–H groups in total. The molecule has 0 spiro atoms. The molecule has 0 saturated carbocycles. The fourth-order valence-corrected chi connectivity index (χ4v) is 1.76. The number of nitrogens with zero attached hydrogens (tertiary/aromatic N) is 3. The quantitative estimate of drug-likeness (QED) is 0.790. The lowest BCUT2D eigenvalue weighted by Gasteiger charge is -2.23. The lowest BCUT2D eigenvalue weighted by atomic mass is 10.2. The van der Waals surface area contributed by atoms with E-state index in [-0.39, 0.29) is 0 Å². The van der Waals surface area contributed by atoms with Crippen molar-refractivity contribution in [3.8, 4) is 0 Å². The van der Waals surface area contributed by atoms with Crippen molar-refractivity contribution in [2.24, 2.45) is 0 Å². The lowest BCUT2D eigenvalue weighted by Crippen LogP contribution is -2.28. The summed E-state index contributed by atoms with van der Waals surface area (Å²) >= 11 is 0. The number of nitrogens with one attached hydrogen (secondary N) is 1. The van der Waals surface area contributed by atoms with E-state index in [0.29, 0.717) is 6.04 Å². The fourth-order valence-electron chi connectivity index (χ4n) is 1.76. The molecule has 0 aromatic carbocycles. The zero-order valence-electron chi connectivity index (χ0n) is 11.4. The molecule has 0 radical (unpaired) electrons. The van der Waals surface area contributed by atoms with Gasteiger partial charge in [0.05, 0.1) is 18.1 Å². The number of aromatic nitrogens is 2. The highest BCUT2D eigenvalue weighted by atomic mass is 15.1. The van der Waals surface area contributed by atoms with Crippen molar-refractivity contribution >= 4 is 5.82 Å². The highest BCUT2D eigenvalue weighted by molar-refractivity contribution is 5.30. The number of hydrogen-bond acceptors (Lipinski definition) is 4. The van der Waals surface area contributed by atoms with Crippen LogP contribution in [0.1, 0.15) is 39.3 Å². The Kier molecular flexibility index (Phi) is 5.91. The second kappa shape index (κ2) is 7.22. The Hall–Kier alpha value is -1.16. The zero-order chi connectivity index (χ0) is 12.7. The van der Waals surface area contributed by atoms with Gasteiger partial charge in [-0.25, -0.2) is 4.98 Å². The number of rotatable bonds is 7. The van der Waals surface area contributed by atoms with E-state index in [1.54, 1.807) is 6.20 Å². The van der Waals surface area contributed by atoms with Gasteiger partial charge in [-0.05, 0) is 27.3 Å². The molecule has 0 fully saturated rings. The summed E-state index contributed by atoms with van der Waals surface area (Å²) < 4.78 is 0. The summed E-state index contributed by atoms with van der Waals surface area (Å²) in [5.41, 5.74) is 1.03. The first-order valence-electron chi connectivity index (χ1n) is 6.42. The van der Waals surface area contributed by atoms with E-state index < -0.39 is 0 Å². The van der Waals surface area contributed by atoms with Crippen molar-refractivity contribution in [1.82, 2.24) is 14.9 Å². The SMILES string of the molecule is CCCC(C)N(C)Cc1cnc(NCC)cn1. The second-order valence-corrected chi connectivity index (χ2v) is 4.48. The molecule has 0 aliphatic rings. The second-order valence-electron chi connectivity index (χ2n) is 4.48. The topological polar surface area (TPSA) is 41.1 Å². The van der Waals surface area contributed by atoms with Gasteiger partial charge in [0, 0.05) is 19.1 Å². The molecule has 96 valence electrons. The van der Waals surface area contributed by atoms with E-state index in [2.05, 4.69) is 48.0 Å². The van der Waals surface area contributed by atoms with Crippen LogP contribution >= 0.6 is 0 Å². The first-order valence-corrected chi connectivity index (χ1v) is 6.42. The minimum absolute atomic E-state index is 0.593. The summed E-state index contributed by atoms with van der Waals surface area (Å²) in [6.07, 6.45) is 6.10. The molecule has 0 amide bonds. The summed E-state index contributed by atoms with van der Waals surface area (Å²) in [6, 6.07) is 0.593. The average Bonchev–Trinajstić information content (AvgIpc) is 2.32. The molecule has 0 saturated heterocycles. The summed E-state index contributed by atoms with van der Waals surface area (Å²) in [5, 5.41) is 3.14. The van der Waals surface area contributed by atoms with Gasteiger partial charge < -0.3 is 5.32 Å². The van der Waals surface area contributed by atoms with E-state index in [0.717, 1.165) is 24.6 Å². The molecule has 1 heterocycles. The Morgan fingerprint density at radius 3 is 2.59 bits per heavy atom. The number of anilines is 1. The summed E-state index contributed by atoms with van der Waals surface area (Å²) in [6.45, 7) is 8.26. The summed E-state index contributed by atoms with van der Waals surface area (Å²) in [5.74, 6) is 0.848. The normalized spacial score (nSPS) is 12.8. The molecule has 17 heavy (non-hydrogen) atoms. The smallest absolute Gasteiger partial charge is 0.144 e. The molecule has 4 nitrogen and oxygen atoms in total. The Labute approximate surface area is 104 Å². The molecule has 0 bridgehead atoms. The van der Waals surface area contributed by atoms with Gasteiger partial charge in [0.2, 0.25) is 0 Å². The summed E-state index contributed by atoms with van der Waals surface area (Å²) in [4.78, 5) is 11.1. The first-order chi connectivity index (χ1) is 8.17. The molecule has 1 rings (SSSR count). The van der Waals surface area contributed by atoms with E-state index in [1.165, 1.54) is 12.8 Å². The van der Waals surface area contributed by atoms with Crippen molar-refractivity contribution in [1.29, 1.82) is 0 Å². The van der Waals surface area contributed by atoms with Gasteiger partial charge in [0.1, 0.15) is 5.82 Å². The van der Waals surface area contributed by atoms with Gasteiger partial charge in [-0.1, -0.05) is 13.3 Å². The molecule has 0 aliphatic carbocycles. The fraction of sp³-hybridized carbons (Fsp3) is 0.692. The van der Waals surface area contributed by atoms with Crippen LogP contribution in [0.2, 0.25) is 0 Å². The molecule has 1 unspecified atom stereocenters. The third-order valence-corrected chi connectivity index (χ3v) is 2.93. The van der Waals surface area contributed by atoms with E-state index in [4.69, 9.17) is 0 Å².